The van der Waals surface area contributed by atoms with E-state index in [4.69, 9.17) is 20.0 Å². The second-order valence-electron chi connectivity index (χ2n) is 5.16. The molecular formula is C13H19N2O9P. The summed E-state index contributed by atoms with van der Waals surface area (Å²) in [5, 5.41) is 30.4. The lowest BCUT2D eigenvalue weighted by Crippen LogP contribution is -2.37. The van der Waals surface area contributed by atoms with Gasteiger partial charge in [-0.05, 0) is 13.3 Å². The second kappa shape index (κ2) is 8.88. The zero-order valence-electron chi connectivity index (χ0n) is 13.2. The van der Waals surface area contributed by atoms with Gasteiger partial charge >= 0.3 is 19.8 Å². The Kier molecular flexibility index (Phi) is 7.46. The number of hydrogen-bond acceptors (Lipinski definition) is 7. The van der Waals surface area contributed by atoms with Crippen LogP contribution in [0.2, 0.25) is 0 Å². The Bertz CT molecular complexity index is 688. The van der Waals surface area contributed by atoms with Crippen LogP contribution in [0.25, 0.3) is 0 Å². The van der Waals surface area contributed by atoms with Gasteiger partial charge < -0.3 is 30.4 Å². The molecule has 140 valence electrons. The van der Waals surface area contributed by atoms with Crippen LogP contribution >= 0.6 is 7.82 Å². The lowest BCUT2D eigenvalue weighted by molar-refractivity contribution is -0.140. The molecule has 1 aromatic heterocycles. The molecule has 0 aliphatic rings. The van der Waals surface area contributed by atoms with E-state index >= 15 is 0 Å². The van der Waals surface area contributed by atoms with Gasteiger partial charge in [0.05, 0.1) is 12.3 Å². The fraction of sp³-hybridized carbons (Fsp3) is 0.462. The average Bonchev–Trinajstić information content (AvgIpc) is 2.48. The molecule has 0 aromatic carbocycles. The van der Waals surface area contributed by atoms with E-state index in [1.165, 1.54) is 13.1 Å². The number of aromatic hydroxyl groups is 1. The van der Waals surface area contributed by atoms with E-state index in [2.05, 4.69) is 14.8 Å². The molecule has 0 bridgehead atoms. The highest BCUT2D eigenvalue weighted by Crippen LogP contribution is 2.38. The molecule has 1 rings (SSSR count). The Morgan fingerprint density at radius 3 is 2.52 bits per heavy atom. The van der Waals surface area contributed by atoms with Crippen molar-refractivity contribution in [2.75, 3.05) is 0 Å². The highest BCUT2D eigenvalue weighted by atomic mass is 31.2. The number of pyridine rings is 1. The first-order chi connectivity index (χ1) is 11.5. The van der Waals surface area contributed by atoms with Crippen molar-refractivity contribution >= 4 is 19.8 Å². The van der Waals surface area contributed by atoms with E-state index in [1.807, 2.05) is 0 Å². The quantitative estimate of drug-likeness (QED) is 0.303. The first-order valence-corrected chi connectivity index (χ1v) is 8.58. The van der Waals surface area contributed by atoms with Crippen LogP contribution in [0.4, 0.5) is 0 Å². The summed E-state index contributed by atoms with van der Waals surface area (Å²) in [4.78, 5) is 43.1. The number of carboxylic acid groups (broad SMARTS) is 2. The lowest BCUT2D eigenvalue weighted by atomic mass is 10.1. The largest absolute Gasteiger partial charge is 0.506 e. The van der Waals surface area contributed by atoms with Crippen molar-refractivity contribution in [2.45, 2.75) is 39.0 Å². The smallest absolute Gasteiger partial charge is 0.469 e. The van der Waals surface area contributed by atoms with Gasteiger partial charge in [0.1, 0.15) is 11.8 Å². The molecule has 1 aromatic rings. The maximum absolute atomic E-state index is 11.2. The van der Waals surface area contributed by atoms with Crippen LogP contribution in [-0.2, 0) is 31.8 Å². The fourth-order valence-electron chi connectivity index (χ4n) is 1.97. The first kappa shape index (κ1) is 21.0. The molecule has 1 heterocycles. The molecule has 0 saturated heterocycles. The average molecular weight is 378 g/mol. The third-order valence-corrected chi connectivity index (χ3v) is 3.75. The summed E-state index contributed by atoms with van der Waals surface area (Å²) in [5.74, 6) is -2.69. The number of carboxylic acids is 2. The van der Waals surface area contributed by atoms with Crippen molar-refractivity contribution in [1.29, 1.82) is 0 Å². The molecule has 0 spiro atoms. The van der Waals surface area contributed by atoms with Gasteiger partial charge in [0.2, 0.25) is 0 Å². The van der Waals surface area contributed by atoms with Crippen LogP contribution in [0.5, 0.6) is 5.75 Å². The van der Waals surface area contributed by atoms with Gasteiger partial charge in [-0.3, -0.25) is 19.1 Å². The molecule has 12 heteroatoms. The Hall–Kier alpha value is -2.04. The highest BCUT2D eigenvalue weighted by Gasteiger charge is 2.21. The number of aromatic nitrogens is 1. The predicted molar refractivity (Wildman–Crippen MR) is 82.6 cm³/mol. The number of aryl methyl sites for hydroxylation is 1. The van der Waals surface area contributed by atoms with Crippen LogP contribution < -0.4 is 5.32 Å². The first-order valence-electron chi connectivity index (χ1n) is 7.05. The van der Waals surface area contributed by atoms with Gasteiger partial charge in [0.25, 0.3) is 0 Å². The number of nitrogens with one attached hydrogen (secondary N) is 1. The van der Waals surface area contributed by atoms with Gasteiger partial charge in [0.15, 0.2) is 0 Å². The SMILES string of the molecule is Cc1ncc(COP(=O)(O)O)c(CN[C@@H](CCC(=O)O)C(=O)O)c1O. The fourth-order valence-corrected chi connectivity index (χ4v) is 2.27. The second-order valence-corrected chi connectivity index (χ2v) is 6.40. The number of hydrogen-bond donors (Lipinski definition) is 6. The Morgan fingerprint density at radius 1 is 1.36 bits per heavy atom. The van der Waals surface area contributed by atoms with E-state index < -0.39 is 32.4 Å². The summed E-state index contributed by atoms with van der Waals surface area (Å²) in [6, 6.07) is -1.18. The third-order valence-electron chi connectivity index (χ3n) is 3.29. The normalized spacial score (nSPS) is 12.8. The molecule has 0 saturated carbocycles. The predicted octanol–water partition coefficient (Wildman–Crippen LogP) is 0.113. The molecule has 0 amide bonds. The van der Waals surface area contributed by atoms with Gasteiger partial charge in [-0.2, -0.15) is 0 Å². The van der Waals surface area contributed by atoms with Gasteiger partial charge in [-0.15, -0.1) is 0 Å². The minimum absolute atomic E-state index is 0.154. The molecule has 0 unspecified atom stereocenters. The highest BCUT2D eigenvalue weighted by molar-refractivity contribution is 7.46. The zero-order valence-corrected chi connectivity index (χ0v) is 14.1. The molecule has 0 aliphatic heterocycles. The van der Waals surface area contributed by atoms with Crippen molar-refractivity contribution in [1.82, 2.24) is 10.3 Å². The Morgan fingerprint density at radius 2 is 2.00 bits per heavy atom. The standard InChI is InChI=1S/C13H19N2O9P/c1-7-12(18)9(8(4-14-7)6-24-25(21,22)23)5-15-10(13(19)20)2-3-11(16)17/h4,10,15,18H,2-3,5-6H2,1H3,(H,16,17)(H,19,20)(H2,21,22,23)/t10-/m0/s1. The van der Waals surface area contributed by atoms with E-state index in [0.29, 0.717) is 0 Å². The van der Waals surface area contributed by atoms with Crippen LogP contribution in [0.1, 0.15) is 29.7 Å². The van der Waals surface area contributed by atoms with Crippen molar-refractivity contribution in [3.8, 4) is 5.75 Å². The van der Waals surface area contributed by atoms with E-state index in [1.54, 1.807) is 0 Å². The molecule has 25 heavy (non-hydrogen) atoms. The molecule has 0 fully saturated rings. The minimum Gasteiger partial charge on any atom is -0.506 e. The van der Waals surface area contributed by atoms with Gasteiger partial charge in [0, 0.05) is 30.3 Å². The van der Waals surface area contributed by atoms with Crippen molar-refractivity contribution in [2.24, 2.45) is 0 Å². The maximum atomic E-state index is 11.2. The maximum Gasteiger partial charge on any atom is 0.469 e. The van der Waals surface area contributed by atoms with Crippen LogP contribution in [0.15, 0.2) is 6.20 Å². The van der Waals surface area contributed by atoms with Crippen molar-refractivity contribution in [3.63, 3.8) is 0 Å². The molecule has 11 nitrogen and oxygen atoms in total. The van der Waals surface area contributed by atoms with E-state index in [0.717, 1.165) is 0 Å². The van der Waals surface area contributed by atoms with Crippen LogP contribution in [-0.4, -0.2) is 48.1 Å². The number of phosphoric acid groups is 1. The number of phosphoric ester groups is 1. The van der Waals surface area contributed by atoms with Crippen molar-refractivity contribution < 1.29 is 43.8 Å². The molecule has 6 N–H and O–H groups in total. The molecular weight excluding hydrogens is 359 g/mol. The molecule has 0 radical (unpaired) electrons. The van der Waals surface area contributed by atoms with E-state index in [9.17, 15) is 19.3 Å². The van der Waals surface area contributed by atoms with Gasteiger partial charge in [-0.1, -0.05) is 0 Å². The summed E-state index contributed by atoms with van der Waals surface area (Å²) in [6.07, 6.45) is 0.706. The number of carbonyl (C=O) groups is 2. The third kappa shape index (κ3) is 7.16. The van der Waals surface area contributed by atoms with Crippen LogP contribution in [0, 0.1) is 6.92 Å². The summed E-state index contributed by atoms with van der Waals surface area (Å²) >= 11 is 0. The number of rotatable bonds is 10. The summed E-state index contributed by atoms with van der Waals surface area (Å²) < 4.78 is 15.2. The monoisotopic (exact) mass is 378 g/mol. The summed E-state index contributed by atoms with van der Waals surface area (Å²) in [5.41, 5.74) is 0.540. The zero-order chi connectivity index (χ0) is 19.2. The topological polar surface area (TPSA) is 187 Å². The van der Waals surface area contributed by atoms with Crippen molar-refractivity contribution in [3.05, 3.63) is 23.0 Å². The minimum atomic E-state index is -4.74. The molecule has 0 aliphatic carbocycles. The number of nitrogens with zero attached hydrogens (tertiary/aromatic N) is 1. The Labute approximate surface area is 142 Å². The van der Waals surface area contributed by atoms with E-state index in [-0.39, 0.29) is 42.0 Å². The molecule has 1 atom stereocenters. The summed E-state index contributed by atoms with van der Waals surface area (Å²) in [7, 11) is -4.74. The van der Waals surface area contributed by atoms with Crippen LogP contribution in [0.3, 0.4) is 0 Å². The number of aliphatic carboxylic acids is 2. The van der Waals surface area contributed by atoms with Gasteiger partial charge in [-0.25, -0.2) is 4.57 Å². The summed E-state index contributed by atoms with van der Waals surface area (Å²) in [6.45, 7) is 0.756. The lowest BCUT2D eigenvalue weighted by Gasteiger charge is -2.17. The Balaban J connectivity index is 2.94.